The topological polar surface area (TPSA) is 168 Å². The molecule has 3 aliphatic rings. The van der Waals surface area contributed by atoms with Gasteiger partial charge in [0.15, 0.2) is 23.4 Å². The van der Waals surface area contributed by atoms with Crippen LogP contribution in [0.2, 0.25) is 0 Å². The van der Waals surface area contributed by atoms with Crippen LogP contribution < -0.4 is 19.8 Å². The fourth-order valence-corrected chi connectivity index (χ4v) is 7.79. The van der Waals surface area contributed by atoms with E-state index in [0.717, 1.165) is 16.5 Å². The first-order valence-corrected chi connectivity index (χ1v) is 17.9. The second-order valence-electron chi connectivity index (χ2n) is 12.3. The van der Waals surface area contributed by atoms with Gasteiger partial charge in [-0.15, -0.1) is 0 Å². The number of pyridine rings is 2. The molecule has 7 rings (SSSR count). The minimum absolute atomic E-state index is 0.0709. The Labute approximate surface area is 282 Å². The lowest BCUT2D eigenvalue weighted by atomic mass is 9.84. The largest absolute Gasteiger partial charge is 0.454 e. The summed E-state index contributed by atoms with van der Waals surface area (Å²) < 4.78 is 52.3. The second-order valence-corrected chi connectivity index (χ2v) is 14.1. The first kappa shape index (κ1) is 32.7. The third kappa shape index (κ3) is 6.15. The highest BCUT2D eigenvalue weighted by atomic mass is 32.2. The molecule has 3 aliphatic heterocycles. The Balaban J connectivity index is 1.21. The maximum atomic E-state index is 13.9. The molecular formula is C35H36N4O9S. The van der Waals surface area contributed by atoms with E-state index in [1.54, 1.807) is 23.6 Å². The zero-order chi connectivity index (χ0) is 34.3. The van der Waals surface area contributed by atoms with Crippen LogP contribution in [0, 0.1) is 0 Å². The molecule has 13 nitrogen and oxygen atoms in total. The molecule has 0 bridgehead atoms. The first-order chi connectivity index (χ1) is 23.6. The number of ether oxygens (including phenoxy) is 4. The predicted octanol–water partition coefficient (Wildman–Crippen LogP) is 3.51. The van der Waals surface area contributed by atoms with E-state index in [1.165, 1.54) is 0 Å². The number of aliphatic hydroxyl groups excluding tert-OH is 1. The summed E-state index contributed by atoms with van der Waals surface area (Å²) in [6.45, 7) is 3.30. The number of sulfonamides is 1. The minimum atomic E-state index is -3.70. The summed E-state index contributed by atoms with van der Waals surface area (Å²) in [5.41, 5.74) is 1.91. The number of amidine groups is 1. The Bertz CT molecular complexity index is 2150. The molecule has 0 saturated carbocycles. The number of aliphatic imine (C=N–C) groups is 1. The molecule has 0 radical (unpaired) electrons. The number of carbonyl (C=O) groups excluding carboxylic acids is 1. The molecule has 2 aromatic heterocycles. The number of carbonyl (C=O) groups is 1. The highest BCUT2D eigenvalue weighted by Crippen LogP contribution is 2.43. The molecule has 2 atom stereocenters. The number of benzene rings is 2. The number of unbranched alkanes of at least 4 members (excludes halogenated alkanes) is 1. The van der Waals surface area contributed by atoms with Crippen LogP contribution >= 0.6 is 0 Å². The van der Waals surface area contributed by atoms with E-state index in [9.17, 15) is 23.1 Å². The van der Waals surface area contributed by atoms with Crippen LogP contribution in [0.5, 0.6) is 11.5 Å². The lowest BCUT2D eigenvalue weighted by Gasteiger charge is -2.41. The van der Waals surface area contributed by atoms with Crippen molar-refractivity contribution in [3.8, 4) is 22.9 Å². The zero-order valence-corrected chi connectivity index (χ0v) is 27.9. The molecule has 0 saturated heterocycles. The lowest BCUT2D eigenvalue weighted by molar-refractivity contribution is -0.249. The predicted molar refractivity (Wildman–Crippen MR) is 180 cm³/mol. The van der Waals surface area contributed by atoms with Crippen LogP contribution in [0.1, 0.15) is 55.4 Å². The van der Waals surface area contributed by atoms with E-state index in [-0.39, 0.29) is 55.5 Å². The summed E-state index contributed by atoms with van der Waals surface area (Å²) in [4.78, 5) is 36.6. The highest BCUT2D eigenvalue weighted by Gasteiger charge is 2.49. The number of fused-ring (bicyclic) bond motifs is 6. The number of aliphatic hydroxyl groups is 1. The molecule has 2 aromatic carbocycles. The second kappa shape index (κ2) is 12.9. The van der Waals surface area contributed by atoms with E-state index in [0.29, 0.717) is 46.8 Å². The van der Waals surface area contributed by atoms with Crippen molar-refractivity contribution in [3.05, 3.63) is 87.2 Å². The summed E-state index contributed by atoms with van der Waals surface area (Å²) in [5, 5.41) is 12.0. The van der Waals surface area contributed by atoms with Gasteiger partial charge in [-0.2, -0.15) is 0 Å². The lowest BCUT2D eigenvalue weighted by Crippen LogP contribution is -2.50. The quantitative estimate of drug-likeness (QED) is 0.126. The van der Waals surface area contributed by atoms with Gasteiger partial charge < -0.3 is 28.6 Å². The van der Waals surface area contributed by atoms with Crippen LogP contribution in [0.4, 0.5) is 0 Å². The molecule has 256 valence electrons. The fraction of sp³-hybridized carbons (Fsp3) is 0.371. The molecule has 0 amide bonds. The van der Waals surface area contributed by atoms with Crippen molar-refractivity contribution in [2.75, 3.05) is 19.1 Å². The molecule has 0 fully saturated rings. The molecule has 14 heteroatoms. The van der Waals surface area contributed by atoms with E-state index >= 15 is 0 Å². The molecule has 0 aliphatic carbocycles. The van der Waals surface area contributed by atoms with Crippen molar-refractivity contribution in [3.63, 3.8) is 0 Å². The standard InChI is InChI=1S/C35H36N4O9S/c1-3-5-11-49(43,44)38-30(12-21-9-7-6-8-10-21)36-17-31(40)48-35(4-2)25-15-27-32-23(18-39(27)33(41)24(25)19-45-34(35)42)13-22-14-28-29(47-20-46-28)16-26(22)37-32/h6-10,13-16,34,42H,3-5,11-12,17-20H2,1-2H3,(H,36,38)/t34?,35-/m0/s1. The molecule has 4 aromatic rings. The monoisotopic (exact) mass is 688 g/mol. The van der Waals surface area contributed by atoms with Gasteiger partial charge in [0, 0.05) is 29.0 Å². The Kier molecular flexibility index (Phi) is 8.63. The van der Waals surface area contributed by atoms with E-state index in [2.05, 4.69) is 9.71 Å². The van der Waals surface area contributed by atoms with Gasteiger partial charge in [0.25, 0.3) is 5.56 Å². The Morgan fingerprint density at radius 2 is 1.92 bits per heavy atom. The number of hydrogen-bond acceptors (Lipinski definition) is 11. The maximum absolute atomic E-state index is 13.9. The third-order valence-electron chi connectivity index (χ3n) is 9.07. The molecule has 49 heavy (non-hydrogen) atoms. The van der Waals surface area contributed by atoms with Gasteiger partial charge in [-0.05, 0) is 36.6 Å². The van der Waals surface area contributed by atoms with Crippen LogP contribution in [0.25, 0.3) is 22.3 Å². The smallest absolute Gasteiger partial charge is 0.328 e. The zero-order valence-electron chi connectivity index (χ0n) is 27.1. The van der Waals surface area contributed by atoms with Gasteiger partial charge in [0.05, 0.1) is 41.4 Å². The van der Waals surface area contributed by atoms with Crippen LogP contribution in [0.3, 0.4) is 0 Å². The average molecular weight is 689 g/mol. The summed E-state index contributed by atoms with van der Waals surface area (Å²) in [6.07, 6.45) is -0.208. The number of nitrogens with zero attached hydrogens (tertiary/aromatic N) is 3. The SMILES string of the molecule is CCCCS(=O)(=O)NC(Cc1ccccc1)=NCC(=O)O[C@@]1(CC)c2cc3n(c(=O)c2COC1O)Cc1cc2cc4c(cc2nc1-3)OCO4. The average Bonchev–Trinajstić information content (AvgIpc) is 3.70. The van der Waals surface area contributed by atoms with Crippen LogP contribution in [-0.2, 0) is 49.5 Å². The molecular weight excluding hydrogens is 652 g/mol. The van der Waals surface area contributed by atoms with Crippen molar-refractivity contribution in [2.24, 2.45) is 4.99 Å². The van der Waals surface area contributed by atoms with Gasteiger partial charge in [0.2, 0.25) is 16.8 Å². The van der Waals surface area contributed by atoms with Gasteiger partial charge in [-0.25, -0.2) is 13.4 Å². The molecule has 0 spiro atoms. The number of nitrogens with one attached hydrogen (secondary N) is 1. The minimum Gasteiger partial charge on any atom is -0.454 e. The third-order valence-corrected chi connectivity index (χ3v) is 10.4. The number of hydrogen-bond donors (Lipinski definition) is 2. The summed E-state index contributed by atoms with van der Waals surface area (Å²) in [6, 6.07) is 16.5. The van der Waals surface area contributed by atoms with E-state index in [4.69, 9.17) is 23.9 Å². The van der Waals surface area contributed by atoms with Crippen LogP contribution in [-0.4, -0.2) is 60.3 Å². The summed E-state index contributed by atoms with van der Waals surface area (Å²) in [5.74, 6) is 0.375. The molecule has 1 unspecified atom stereocenters. The number of aromatic nitrogens is 2. The van der Waals surface area contributed by atoms with Crippen LogP contribution in [0.15, 0.2) is 64.4 Å². The van der Waals surface area contributed by atoms with Gasteiger partial charge in [-0.3, -0.25) is 19.3 Å². The summed E-state index contributed by atoms with van der Waals surface area (Å²) >= 11 is 0. The first-order valence-electron chi connectivity index (χ1n) is 16.2. The molecule has 2 N–H and O–H groups in total. The highest BCUT2D eigenvalue weighted by molar-refractivity contribution is 7.90. The van der Waals surface area contributed by atoms with Crippen molar-refractivity contribution >= 4 is 32.7 Å². The van der Waals surface area contributed by atoms with Gasteiger partial charge in [-0.1, -0.05) is 50.6 Å². The van der Waals surface area contributed by atoms with Crippen molar-refractivity contribution in [1.29, 1.82) is 0 Å². The van der Waals surface area contributed by atoms with Crippen molar-refractivity contribution < 1.29 is 37.3 Å². The molecule has 5 heterocycles. The number of rotatable bonds is 10. The normalized spacial score (nSPS) is 19.3. The van der Waals surface area contributed by atoms with Gasteiger partial charge >= 0.3 is 5.97 Å². The fourth-order valence-electron chi connectivity index (χ4n) is 6.53. The number of esters is 1. The van der Waals surface area contributed by atoms with Crippen molar-refractivity contribution in [2.45, 2.75) is 64.6 Å². The maximum Gasteiger partial charge on any atom is 0.328 e. The summed E-state index contributed by atoms with van der Waals surface area (Å²) in [7, 11) is -3.70. The van der Waals surface area contributed by atoms with Gasteiger partial charge in [0.1, 0.15) is 12.4 Å². The van der Waals surface area contributed by atoms with E-state index in [1.807, 2.05) is 49.4 Å². The van der Waals surface area contributed by atoms with Crippen molar-refractivity contribution in [1.82, 2.24) is 14.3 Å². The van der Waals surface area contributed by atoms with E-state index < -0.39 is 34.4 Å². The Morgan fingerprint density at radius 3 is 2.67 bits per heavy atom. The Hall–Kier alpha value is -4.79. The Morgan fingerprint density at radius 1 is 1.14 bits per heavy atom.